The van der Waals surface area contributed by atoms with Gasteiger partial charge >= 0.3 is 11.9 Å². The van der Waals surface area contributed by atoms with Crippen molar-refractivity contribution in [3.05, 3.63) is 35.1 Å². The van der Waals surface area contributed by atoms with Gasteiger partial charge < -0.3 is 10.2 Å². The number of carboxylic acids is 2. The van der Waals surface area contributed by atoms with Crippen molar-refractivity contribution in [2.75, 3.05) is 0 Å². The molecule has 2 N–H and O–H groups in total. The zero-order valence-electron chi connectivity index (χ0n) is 7.03. The molecule has 0 aromatic heterocycles. The second kappa shape index (κ2) is 3.87. The van der Waals surface area contributed by atoms with Crippen molar-refractivity contribution < 1.29 is 24.2 Å². The standard InChI is InChI=1S/C9H7FO4/c10-7-2-1-5(9(13)14)3-6(7)4-8(11)12/h1-3H,4H2,(H,11,12)(H,13,14). The van der Waals surface area contributed by atoms with Gasteiger partial charge in [-0.2, -0.15) is 0 Å². The van der Waals surface area contributed by atoms with Crippen LogP contribution in [-0.4, -0.2) is 22.2 Å². The molecule has 0 radical (unpaired) electrons. The maximum atomic E-state index is 12.9. The van der Waals surface area contributed by atoms with Crippen LogP contribution < -0.4 is 0 Å². The molecular weight excluding hydrogens is 191 g/mol. The molecule has 0 aliphatic carbocycles. The number of carbonyl (C=O) groups is 2. The summed E-state index contributed by atoms with van der Waals surface area (Å²) in [4.78, 5) is 20.8. The van der Waals surface area contributed by atoms with Gasteiger partial charge in [0.25, 0.3) is 0 Å². The van der Waals surface area contributed by atoms with E-state index in [9.17, 15) is 14.0 Å². The third-order valence-electron chi connectivity index (χ3n) is 1.63. The van der Waals surface area contributed by atoms with Gasteiger partial charge in [0.05, 0.1) is 12.0 Å². The fraction of sp³-hybridized carbons (Fsp3) is 0.111. The maximum Gasteiger partial charge on any atom is 0.335 e. The number of rotatable bonds is 3. The van der Waals surface area contributed by atoms with E-state index in [-0.39, 0.29) is 11.1 Å². The Morgan fingerprint density at radius 2 is 1.93 bits per heavy atom. The van der Waals surface area contributed by atoms with Crippen LogP contribution in [0.1, 0.15) is 15.9 Å². The van der Waals surface area contributed by atoms with Crippen LogP contribution in [0.15, 0.2) is 18.2 Å². The summed E-state index contributed by atoms with van der Waals surface area (Å²) in [7, 11) is 0. The van der Waals surface area contributed by atoms with Crippen LogP contribution in [0.2, 0.25) is 0 Å². The smallest absolute Gasteiger partial charge is 0.335 e. The largest absolute Gasteiger partial charge is 0.481 e. The molecule has 4 nitrogen and oxygen atoms in total. The molecule has 0 bridgehead atoms. The van der Waals surface area contributed by atoms with Crippen molar-refractivity contribution in [1.82, 2.24) is 0 Å². The zero-order chi connectivity index (χ0) is 10.7. The molecule has 0 amide bonds. The van der Waals surface area contributed by atoms with Crippen LogP contribution in [0.5, 0.6) is 0 Å². The second-order valence-corrected chi connectivity index (χ2v) is 2.68. The van der Waals surface area contributed by atoms with Crippen molar-refractivity contribution >= 4 is 11.9 Å². The highest BCUT2D eigenvalue weighted by Crippen LogP contribution is 2.11. The van der Waals surface area contributed by atoms with Crippen LogP contribution in [0.4, 0.5) is 4.39 Å². The van der Waals surface area contributed by atoms with Gasteiger partial charge in [0.15, 0.2) is 0 Å². The van der Waals surface area contributed by atoms with Crippen molar-refractivity contribution in [3.8, 4) is 0 Å². The lowest BCUT2D eigenvalue weighted by Crippen LogP contribution is -2.05. The van der Waals surface area contributed by atoms with Gasteiger partial charge in [-0.15, -0.1) is 0 Å². The van der Waals surface area contributed by atoms with Crippen molar-refractivity contribution in [2.24, 2.45) is 0 Å². The lowest BCUT2D eigenvalue weighted by Gasteiger charge is -2.01. The molecule has 0 atom stereocenters. The minimum Gasteiger partial charge on any atom is -0.481 e. The first-order valence-corrected chi connectivity index (χ1v) is 3.74. The summed E-state index contributed by atoms with van der Waals surface area (Å²) in [6.45, 7) is 0. The molecule has 74 valence electrons. The third-order valence-corrected chi connectivity index (χ3v) is 1.63. The summed E-state index contributed by atoms with van der Waals surface area (Å²) in [5.74, 6) is -3.12. The molecule has 5 heteroatoms. The van der Waals surface area contributed by atoms with E-state index in [1.165, 1.54) is 0 Å². The Labute approximate surface area is 78.6 Å². The maximum absolute atomic E-state index is 12.9. The topological polar surface area (TPSA) is 74.6 Å². The predicted molar refractivity (Wildman–Crippen MR) is 44.7 cm³/mol. The molecule has 0 saturated carbocycles. The summed E-state index contributed by atoms with van der Waals surface area (Å²) in [6, 6.07) is 3.05. The molecule has 1 rings (SSSR count). The van der Waals surface area contributed by atoms with Crippen molar-refractivity contribution in [3.63, 3.8) is 0 Å². The Hall–Kier alpha value is -1.91. The average molecular weight is 198 g/mol. The predicted octanol–water partition coefficient (Wildman–Crippen LogP) is 1.15. The van der Waals surface area contributed by atoms with Crippen LogP contribution in [-0.2, 0) is 11.2 Å². The van der Waals surface area contributed by atoms with Crippen molar-refractivity contribution in [2.45, 2.75) is 6.42 Å². The van der Waals surface area contributed by atoms with E-state index in [2.05, 4.69) is 0 Å². The first kappa shape index (κ1) is 10.2. The number of halogens is 1. The number of hydrogen-bond donors (Lipinski definition) is 2. The normalized spacial score (nSPS) is 9.79. The lowest BCUT2D eigenvalue weighted by molar-refractivity contribution is -0.136. The zero-order valence-corrected chi connectivity index (χ0v) is 7.03. The molecule has 1 aromatic carbocycles. The van der Waals surface area contributed by atoms with E-state index >= 15 is 0 Å². The van der Waals surface area contributed by atoms with Crippen LogP contribution >= 0.6 is 0 Å². The molecule has 0 heterocycles. The fourth-order valence-electron chi connectivity index (χ4n) is 1.01. The summed E-state index contributed by atoms with van der Waals surface area (Å²) in [6.07, 6.45) is -0.521. The highest BCUT2D eigenvalue weighted by atomic mass is 19.1. The molecule has 1 aromatic rings. The van der Waals surface area contributed by atoms with Crippen LogP contribution in [0, 0.1) is 5.82 Å². The van der Waals surface area contributed by atoms with Gasteiger partial charge in [-0.05, 0) is 23.8 Å². The Balaban J connectivity index is 3.08. The monoisotopic (exact) mass is 198 g/mol. The molecule has 0 fully saturated rings. The fourth-order valence-corrected chi connectivity index (χ4v) is 1.01. The molecular formula is C9H7FO4. The minimum atomic E-state index is -1.21. The van der Waals surface area contributed by atoms with E-state index in [0.29, 0.717) is 0 Å². The molecule has 0 aliphatic rings. The first-order chi connectivity index (χ1) is 6.50. The van der Waals surface area contributed by atoms with Crippen LogP contribution in [0.3, 0.4) is 0 Å². The summed E-state index contributed by atoms with van der Waals surface area (Å²) >= 11 is 0. The van der Waals surface area contributed by atoms with Gasteiger partial charge in [0, 0.05) is 0 Å². The van der Waals surface area contributed by atoms with Gasteiger partial charge in [-0.25, -0.2) is 9.18 Å². The minimum absolute atomic E-state index is 0.123. The highest BCUT2D eigenvalue weighted by Gasteiger charge is 2.10. The van der Waals surface area contributed by atoms with E-state index in [1.807, 2.05) is 0 Å². The number of aromatic carboxylic acids is 1. The quantitative estimate of drug-likeness (QED) is 0.763. The Kier molecular flexibility index (Phi) is 2.81. The third kappa shape index (κ3) is 2.29. The van der Waals surface area contributed by atoms with Gasteiger partial charge in [-0.3, -0.25) is 4.79 Å². The summed E-state index contributed by atoms with van der Waals surface area (Å²) in [5, 5.41) is 17.0. The molecule has 0 spiro atoms. The summed E-state index contributed by atoms with van der Waals surface area (Å²) < 4.78 is 12.9. The van der Waals surface area contributed by atoms with E-state index < -0.39 is 24.2 Å². The number of hydrogen-bond acceptors (Lipinski definition) is 2. The first-order valence-electron chi connectivity index (χ1n) is 3.74. The summed E-state index contributed by atoms with van der Waals surface area (Å²) in [5.41, 5.74) is -0.250. The van der Waals surface area contributed by atoms with Crippen molar-refractivity contribution in [1.29, 1.82) is 0 Å². The van der Waals surface area contributed by atoms with E-state index in [1.54, 1.807) is 0 Å². The highest BCUT2D eigenvalue weighted by molar-refractivity contribution is 5.88. The molecule has 0 aliphatic heterocycles. The number of benzene rings is 1. The Morgan fingerprint density at radius 3 is 2.43 bits per heavy atom. The Bertz CT molecular complexity index is 386. The number of aliphatic carboxylic acids is 1. The van der Waals surface area contributed by atoms with Gasteiger partial charge in [0.1, 0.15) is 5.82 Å². The Morgan fingerprint density at radius 1 is 1.29 bits per heavy atom. The van der Waals surface area contributed by atoms with Gasteiger partial charge in [0.2, 0.25) is 0 Å². The van der Waals surface area contributed by atoms with E-state index in [4.69, 9.17) is 10.2 Å². The van der Waals surface area contributed by atoms with Crippen LogP contribution in [0.25, 0.3) is 0 Å². The van der Waals surface area contributed by atoms with Gasteiger partial charge in [-0.1, -0.05) is 0 Å². The second-order valence-electron chi connectivity index (χ2n) is 2.68. The molecule has 0 saturated heterocycles. The average Bonchev–Trinajstić information content (AvgIpc) is 2.07. The van der Waals surface area contributed by atoms with E-state index in [0.717, 1.165) is 18.2 Å². The lowest BCUT2D eigenvalue weighted by atomic mass is 10.1. The molecule has 14 heavy (non-hydrogen) atoms. The number of carboxylic acid groups (broad SMARTS) is 2. The molecule has 0 unspecified atom stereocenters. The SMILES string of the molecule is O=C(O)Cc1cc(C(=O)O)ccc1F.